The number of aromatic nitrogens is 5. The fourth-order valence-electron chi connectivity index (χ4n) is 9.66. The summed E-state index contributed by atoms with van der Waals surface area (Å²) in [6.07, 6.45) is 4.10. The molecule has 0 radical (unpaired) electrons. The summed E-state index contributed by atoms with van der Waals surface area (Å²) < 4.78 is 48.0. The van der Waals surface area contributed by atoms with E-state index >= 15 is 0 Å². The fourth-order valence-corrected chi connectivity index (χ4v) is 9.66. The van der Waals surface area contributed by atoms with Gasteiger partial charge in [0.05, 0.1) is 61.3 Å². The number of alkyl carbamates (subject to hydrolysis) is 2. The predicted octanol–water partition coefficient (Wildman–Crippen LogP) is 8.39. The largest absolute Gasteiger partial charge is 0.465 e. The molecule has 2 fully saturated rings. The number of imidazole rings is 2. The number of ether oxygens (including phenoxy) is 3. The normalized spacial score (nSPS) is 18.7. The summed E-state index contributed by atoms with van der Waals surface area (Å²) in [5, 5.41) is 6.21. The van der Waals surface area contributed by atoms with Gasteiger partial charge >= 0.3 is 12.2 Å². The molecule has 0 saturated carbocycles. The van der Waals surface area contributed by atoms with Crippen LogP contribution in [0.4, 0.5) is 18.4 Å². The van der Waals surface area contributed by atoms with Crippen LogP contribution in [0.2, 0.25) is 0 Å². The number of carbonyl (C=O) groups excluding carboxylic acids is 4. The molecular formula is C49H53F2N9O7. The highest BCUT2D eigenvalue weighted by Gasteiger charge is 2.39. The molecule has 1 unspecified atom stereocenters. The minimum Gasteiger partial charge on any atom is -0.465 e. The van der Waals surface area contributed by atoms with Crippen LogP contribution in [0.25, 0.3) is 44.7 Å². The molecule has 0 spiro atoms. The number of nitrogens with one attached hydrogen (secondary N) is 4. The SMILES string of the molecule is COC(=O)N[C@H](C(=O)N1CCC[C@H]1c1ncc(-c2ccc3c(c2)OC(c2cc(F)cc(F)c2)n2c-3cc3cc(-c4cnc([C@@H]5CCCN5C(=O)[C@@H](NC(=O)OC)C(C)C)[nH]4)ccc32)[nH]1)C(C)C. The lowest BCUT2D eigenvalue weighted by molar-refractivity contribution is -0.136. The van der Waals surface area contributed by atoms with E-state index < -0.39 is 42.1 Å². The summed E-state index contributed by atoms with van der Waals surface area (Å²) in [5.74, 6) is -0.497. The highest BCUT2D eigenvalue weighted by molar-refractivity contribution is 5.93. The number of amides is 4. The lowest BCUT2D eigenvalue weighted by Crippen LogP contribution is -2.51. The van der Waals surface area contributed by atoms with Crippen molar-refractivity contribution in [1.82, 2.24) is 44.9 Å². The van der Waals surface area contributed by atoms with Crippen molar-refractivity contribution in [1.29, 1.82) is 0 Å². The zero-order valence-electron chi connectivity index (χ0n) is 38.1. The molecule has 4 amide bonds. The Balaban J connectivity index is 1.02. The number of H-pyrrole nitrogens is 2. The second kappa shape index (κ2) is 18.2. The monoisotopic (exact) mass is 917 g/mol. The Labute approximate surface area is 385 Å². The van der Waals surface area contributed by atoms with Gasteiger partial charge in [-0.2, -0.15) is 0 Å². The van der Waals surface area contributed by atoms with E-state index in [2.05, 4.69) is 20.6 Å². The average Bonchev–Trinajstić information content (AvgIpc) is 4.17. The van der Waals surface area contributed by atoms with Gasteiger partial charge in [0.15, 0.2) is 0 Å². The molecule has 9 rings (SSSR count). The first-order chi connectivity index (χ1) is 32.2. The van der Waals surface area contributed by atoms with Crippen LogP contribution in [0.1, 0.15) is 88.9 Å². The molecule has 18 heteroatoms. The number of carbonyl (C=O) groups is 4. The van der Waals surface area contributed by atoms with Gasteiger partial charge in [-0.1, -0.05) is 39.8 Å². The molecular weight excluding hydrogens is 865 g/mol. The lowest BCUT2D eigenvalue weighted by atomic mass is 10.0. The molecule has 3 aliphatic rings. The summed E-state index contributed by atoms with van der Waals surface area (Å²) in [4.78, 5) is 71.6. The number of halogens is 2. The number of aromatic amines is 2. The van der Waals surface area contributed by atoms with Crippen LogP contribution in [0.15, 0.2) is 73.1 Å². The molecule has 6 heterocycles. The van der Waals surface area contributed by atoms with Crippen LogP contribution in [-0.4, -0.2) is 97.7 Å². The maximum absolute atomic E-state index is 14.9. The van der Waals surface area contributed by atoms with Gasteiger partial charge in [-0.3, -0.25) is 9.59 Å². The third-order valence-electron chi connectivity index (χ3n) is 13.0. The van der Waals surface area contributed by atoms with Gasteiger partial charge in [0.1, 0.15) is 41.1 Å². The lowest BCUT2D eigenvalue weighted by Gasteiger charge is -2.30. The van der Waals surface area contributed by atoms with Crippen molar-refractivity contribution < 1.29 is 42.2 Å². The van der Waals surface area contributed by atoms with Crippen molar-refractivity contribution in [2.24, 2.45) is 11.8 Å². The van der Waals surface area contributed by atoms with E-state index in [4.69, 9.17) is 24.2 Å². The van der Waals surface area contributed by atoms with Crippen LogP contribution in [-0.2, 0) is 19.1 Å². The van der Waals surface area contributed by atoms with Gasteiger partial charge in [0.2, 0.25) is 18.0 Å². The zero-order valence-corrected chi connectivity index (χ0v) is 38.1. The molecule has 350 valence electrons. The molecule has 5 atom stereocenters. The second-order valence-corrected chi connectivity index (χ2v) is 18.0. The Morgan fingerprint density at radius 3 is 1.76 bits per heavy atom. The summed E-state index contributed by atoms with van der Waals surface area (Å²) in [6.45, 7) is 8.51. The Hall–Kier alpha value is -7.24. The Morgan fingerprint density at radius 1 is 0.716 bits per heavy atom. The molecule has 3 aromatic heterocycles. The van der Waals surface area contributed by atoms with Crippen LogP contribution in [0.5, 0.6) is 5.75 Å². The molecule has 6 aromatic rings. The van der Waals surface area contributed by atoms with Crippen LogP contribution in [0.3, 0.4) is 0 Å². The Kier molecular flexibility index (Phi) is 12.2. The maximum Gasteiger partial charge on any atom is 0.407 e. The first-order valence-corrected chi connectivity index (χ1v) is 22.6. The topological polar surface area (TPSA) is 189 Å². The molecule has 67 heavy (non-hydrogen) atoms. The fraction of sp³-hybridized carbons (Fsp3) is 0.388. The van der Waals surface area contributed by atoms with Crippen molar-refractivity contribution in [3.05, 3.63) is 102 Å². The van der Waals surface area contributed by atoms with Crippen LogP contribution >= 0.6 is 0 Å². The smallest absolute Gasteiger partial charge is 0.407 e. The summed E-state index contributed by atoms with van der Waals surface area (Å²) >= 11 is 0. The number of rotatable bonds is 11. The molecule has 0 bridgehead atoms. The molecule has 3 aliphatic heterocycles. The Bertz CT molecular complexity index is 2850. The Morgan fingerprint density at radius 2 is 1.24 bits per heavy atom. The number of hydrogen-bond acceptors (Lipinski definition) is 9. The number of methoxy groups -OCH3 is 2. The highest BCUT2D eigenvalue weighted by atomic mass is 19.1. The minimum absolute atomic E-state index is 0.167. The van der Waals surface area contributed by atoms with Crippen LogP contribution < -0.4 is 15.4 Å². The van der Waals surface area contributed by atoms with Crippen molar-refractivity contribution >= 4 is 34.9 Å². The predicted molar refractivity (Wildman–Crippen MR) is 243 cm³/mol. The van der Waals surface area contributed by atoms with Crippen molar-refractivity contribution in [2.75, 3.05) is 27.3 Å². The van der Waals surface area contributed by atoms with Gasteiger partial charge in [-0.15, -0.1) is 0 Å². The summed E-state index contributed by atoms with van der Waals surface area (Å²) in [6, 6.07) is 14.9. The minimum atomic E-state index is -0.942. The van der Waals surface area contributed by atoms with E-state index in [0.717, 1.165) is 57.9 Å². The maximum atomic E-state index is 14.9. The molecule has 3 aromatic carbocycles. The first-order valence-electron chi connectivity index (χ1n) is 22.6. The van der Waals surface area contributed by atoms with Gasteiger partial charge in [0.25, 0.3) is 0 Å². The second-order valence-electron chi connectivity index (χ2n) is 18.0. The van der Waals surface area contributed by atoms with Gasteiger partial charge < -0.3 is 49.2 Å². The van der Waals surface area contributed by atoms with Gasteiger partial charge in [-0.25, -0.2) is 28.3 Å². The van der Waals surface area contributed by atoms with E-state index in [-0.39, 0.29) is 41.3 Å². The first kappa shape index (κ1) is 44.9. The molecule has 4 N–H and O–H groups in total. The van der Waals surface area contributed by atoms with Crippen LogP contribution in [0, 0.1) is 23.5 Å². The van der Waals surface area contributed by atoms with E-state index in [1.54, 1.807) is 22.2 Å². The quantitative estimate of drug-likeness (QED) is 0.0990. The zero-order chi connectivity index (χ0) is 47.3. The van der Waals surface area contributed by atoms with E-state index in [0.29, 0.717) is 49.0 Å². The number of fused-ring (bicyclic) bond motifs is 5. The summed E-state index contributed by atoms with van der Waals surface area (Å²) in [7, 11) is 2.53. The van der Waals surface area contributed by atoms with Crippen molar-refractivity contribution in [3.8, 4) is 39.5 Å². The van der Waals surface area contributed by atoms with Crippen molar-refractivity contribution in [2.45, 2.75) is 83.8 Å². The standard InChI is InChI=1S/C49H53F2N9O7/c1-25(2)41(56-48(63)65-5)45(61)58-15-7-9-37(58)43-52-23-34(54-43)27-12-14-36-29(17-27)20-39-33-13-11-28(21-40(33)67-47(60(36)39)30-18-31(50)22-32(51)19-30)35-24-53-44(55-35)38-10-8-16-59(38)46(62)42(26(3)4)57-49(64)66-6/h11-14,17-26,37-38,41-42,47H,7-10,15-16H2,1-6H3,(H,52,54)(H,53,55)(H,56,63)(H,57,64)/t37-,38-,41-,42-,47?/m0/s1. The number of hydrogen-bond donors (Lipinski definition) is 4. The molecule has 0 aliphatic carbocycles. The number of nitrogens with zero attached hydrogens (tertiary/aromatic N) is 5. The summed E-state index contributed by atoms with van der Waals surface area (Å²) in [5.41, 5.74) is 5.57. The highest BCUT2D eigenvalue weighted by Crippen LogP contribution is 2.46. The molecule has 2 saturated heterocycles. The van der Waals surface area contributed by atoms with E-state index in [9.17, 15) is 28.0 Å². The number of benzene rings is 3. The van der Waals surface area contributed by atoms with Gasteiger partial charge in [-0.05, 0) is 80.0 Å². The third kappa shape index (κ3) is 8.55. The molecule has 16 nitrogen and oxygen atoms in total. The number of likely N-dealkylation sites (tertiary alicyclic amines) is 2. The van der Waals surface area contributed by atoms with Crippen molar-refractivity contribution in [3.63, 3.8) is 0 Å². The third-order valence-corrected chi connectivity index (χ3v) is 13.0. The van der Waals surface area contributed by atoms with Gasteiger partial charge in [0, 0.05) is 46.8 Å². The van der Waals surface area contributed by atoms with E-state index in [1.165, 1.54) is 26.4 Å². The van der Waals surface area contributed by atoms with E-state index in [1.807, 2.05) is 74.7 Å². The average molecular weight is 918 g/mol.